The lowest BCUT2D eigenvalue weighted by molar-refractivity contribution is 0.217. The van der Waals surface area contributed by atoms with Crippen LogP contribution in [0.3, 0.4) is 0 Å². The number of nitrogens with one attached hydrogen (secondary N) is 1. The minimum atomic E-state index is 0.693. The summed E-state index contributed by atoms with van der Waals surface area (Å²) < 4.78 is 0. The summed E-state index contributed by atoms with van der Waals surface area (Å²) in [5.41, 5.74) is 0. The summed E-state index contributed by atoms with van der Waals surface area (Å²) >= 11 is 0. The molecule has 1 aliphatic rings. The van der Waals surface area contributed by atoms with E-state index in [1.54, 1.807) is 0 Å². The van der Waals surface area contributed by atoms with Crippen LogP contribution in [-0.4, -0.2) is 37.1 Å². The van der Waals surface area contributed by atoms with E-state index in [4.69, 9.17) is 0 Å². The van der Waals surface area contributed by atoms with Gasteiger partial charge in [-0.15, -0.1) is 13.2 Å². The molecular weight excluding hydrogens is 136 g/mol. The van der Waals surface area contributed by atoms with E-state index in [9.17, 15) is 0 Å². The van der Waals surface area contributed by atoms with Gasteiger partial charge in [-0.05, 0) is 13.5 Å². The van der Waals surface area contributed by atoms with Gasteiger partial charge >= 0.3 is 0 Å². The SMILES string of the molecule is C=C.CCN1CCN[C@H](C)C1. The Labute approximate surface area is 70.3 Å². The van der Waals surface area contributed by atoms with Crippen molar-refractivity contribution in [2.24, 2.45) is 0 Å². The van der Waals surface area contributed by atoms with Crippen molar-refractivity contribution in [2.45, 2.75) is 19.9 Å². The van der Waals surface area contributed by atoms with Crippen LogP contribution in [0.5, 0.6) is 0 Å². The molecule has 11 heavy (non-hydrogen) atoms. The lowest BCUT2D eigenvalue weighted by Gasteiger charge is -2.30. The van der Waals surface area contributed by atoms with Crippen LogP contribution in [0, 0.1) is 0 Å². The van der Waals surface area contributed by atoms with E-state index in [1.807, 2.05) is 0 Å². The number of hydrogen-bond donors (Lipinski definition) is 1. The quantitative estimate of drug-likeness (QED) is 0.572. The zero-order valence-corrected chi connectivity index (χ0v) is 7.77. The fourth-order valence-electron chi connectivity index (χ4n) is 1.30. The average Bonchev–Trinajstić information content (AvgIpc) is 2.08. The molecule has 0 radical (unpaired) electrons. The molecule has 1 heterocycles. The maximum atomic E-state index is 3.40. The van der Waals surface area contributed by atoms with Crippen LogP contribution in [0.1, 0.15) is 13.8 Å². The molecule has 0 bridgehead atoms. The second-order valence-corrected chi connectivity index (χ2v) is 2.75. The van der Waals surface area contributed by atoms with Gasteiger partial charge in [0.25, 0.3) is 0 Å². The van der Waals surface area contributed by atoms with Crippen LogP contribution in [0.25, 0.3) is 0 Å². The van der Waals surface area contributed by atoms with Crippen molar-refractivity contribution < 1.29 is 0 Å². The van der Waals surface area contributed by atoms with Gasteiger partial charge < -0.3 is 10.2 Å². The summed E-state index contributed by atoms with van der Waals surface area (Å²) in [6.45, 7) is 15.3. The van der Waals surface area contributed by atoms with Crippen molar-refractivity contribution >= 4 is 0 Å². The normalized spacial score (nSPS) is 25.5. The van der Waals surface area contributed by atoms with Crippen LogP contribution in [0.15, 0.2) is 13.2 Å². The molecule has 1 N–H and O–H groups in total. The fraction of sp³-hybridized carbons (Fsp3) is 0.778. The molecule has 0 unspecified atom stereocenters. The number of rotatable bonds is 1. The molecule has 2 nitrogen and oxygen atoms in total. The summed E-state index contributed by atoms with van der Waals surface area (Å²) in [6, 6.07) is 0.693. The van der Waals surface area contributed by atoms with E-state index in [0.29, 0.717) is 6.04 Å². The number of likely N-dealkylation sites (N-methyl/N-ethyl adjacent to an activating group) is 1. The van der Waals surface area contributed by atoms with Crippen molar-refractivity contribution in [1.29, 1.82) is 0 Å². The van der Waals surface area contributed by atoms with E-state index in [-0.39, 0.29) is 0 Å². The zero-order chi connectivity index (χ0) is 8.69. The highest BCUT2D eigenvalue weighted by Crippen LogP contribution is 1.95. The smallest absolute Gasteiger partial charge is 0.0167 e. The Bertz CT molecular complexity index is 93.6. The van der Waals surface area contributed by atoms with Gasteiger partial charge in [0.05, 0.1) is 0 Å². The largest absolute Gasteiger partial charge is 0.312 e. The van der Waals surface area contributed by atoms with Gasteiger partial charge in [0.2, 0.25) is 0 Å². The molecule has 0 amide bonds. The summed E-state index contributed by atoms with van der Waals surface area (Å²) in [6.07, 6.45) is 0. The van der Waals surface area contributed by atoms with Crippen molar-refractivity contribution in [2.75, 3.05) is 26.2 Å². The van der Waals surface area contributed by atoms with Gasteiger partial charge in [0, 0.05) is 25.7 Å². The number of nitrogens with zero attached hydrogens (tertiary/aromatic N) is 1. The van der Waals surface area contributed by atoms with E-state index >= 15 is 0 Å². The van der Waals surface area contributed by atoms with Crippen molar-refractivity contribution in [3.63, 3.8) is 0 Å². The molecule has 0 aromatic carbocycles. The Morgan fingerprint density at radius 2 is 2.18 bits per heavy atom. The molecule has 1 rings (SSSR count). The van der Waals surface area contributed by atoms with Crippen LogP contribution < -0.4 is 5.32 Å². The highest BCUT2D eigenvalue weighted by Gasteiger charge is 2.12. The summed E-state index contributed by atoms with van der Waals surface area (Å²) in [5.74, 6) is 0. The zero-order valence-electron chi connectivity index (χ0n) is 7.77. The standard InChI is InChI=1S/C7H16N2.C2H4/c1-3-9-5-4-8-7(2)6-9;1-2/h7-8H,3-6H2,1-2H3;1-2H2/t7-;/m1./s1. The molecule has 1 atom stereocenters. The molecule has 0 aliphatic carbocycles. The van der Waals surface area contributed by atoms with Gasteiger partial charge in [-0.3, -0.25) is 0 Å². The Kier molecular flexibility index (Phi) is 6.18. The maximum absolute atomic E-state index is 3.40. The van der Waals surface area contributed by atoms with Crippen molar-refractivity contribution in [3.05, 3.63) is 13.2 Å². The van der Waals surface area contributed by atoms with E-state index in [2.05, 4.69) is 37.2 Å². The molecule has 1 fully saturated rings. The van der Waals surface area contributed by atoms with E-state index < -0.39 is 0 Å². The average molecular weight is 156 g/mol. The minimum Gasteiger partial charge on any atom is -0.312 e. The third-order valence-electron chi connectivity index (χ3n) is 1.90. The summed E-state index contributed by atoms with van der Waals surface area (Å²) in [5, 5.41) is 3.40. The topological polar surface area (TPSA) is 15.3 Å². The molecule has 0 aromatic heterocycles. The Hall–Kier alpha value is -0.340. The van der Waals surface area contributed by atoms with Gasteiger partial charge in [0.1, 0.15) is 0 Å². The Morgan fingerprint density at radius 3 is 2.55 bits per heavy atom. The second kappa shape index (κ2) is 6.38. The lowest BCUT2D eigenvalue weighted by atomic mass is 10.2. The molecule has 66 valence electrons. The summed E-state index contributed by atoms with van der Waals surface area (Å²) in [7, 11) is 0. The first-order valence-corrected chi connectivity index (χ1v) is 4.28. The molecule has 1 saturated heterocycles. The lowest BCUT2D eigenvalue weighted by Crippen LogP contribution is -2.48. The second-order valence-electron chi connectivity index (χ2n) is 2.75. The van der Waals surface area contributed by atoms with Gasteiger partial charge in [-0.1, -0.05) is 6.92 Å². The van der Waals surface area contributed by atoms with Crippen LogP contribution in [0.2, 0.25) is 0 Å². The molecule has 0 spiro atoms. The van der Waals surface area contributed by atoms with Crippen LogP contribution >= 0.6 is 0 Å². The van der Waals surface area contributed by atoms with Gasteiger partial charge in [-0.25, -0.2) is 0 Å². The Balaban J connectivity index is 0.000000461. The first-order valence-electron chi connectivity index (χ1n) is 4.28. The van der Waals surface area contributed by atoms with Crippen molar-refractivity contribution in [3.8, 4) is 0 Å². The molecule has 0 saturated carbocycles. The first kappa shape index (κ1) is 10.7. The van der Waals surface area contributed by atoms with Gasteiger partial charge in [0.15, 0.2) is 0 Å². The highest BCUT2D eigenvalue weighted by atomic mass is 15.2. The fourth-order valence-corrected chi connectivity index (χ4v) is 1.30. The number of piperazine rings is 1. The molecule has 2 heteroatoms. The first-order chi connectivity index (χ1) is 5.33. The van der Waals surface area contributed by atoms with Crippen molar-refractivity contribution in [1.82, 2.24) is 10.2 Å². The molecule has 0 aromatic rings. The van der Waals surface area contributed by atoms with Crippen LogP contribution in [0.4, 0.5) is 0 Å². The number of hydrogen-bond acceptors (Lipinski definition) is 2. The molecular formula is C9H20N2. The monoisotopic (exact) mass is 156 g/mol. The summed E-state index contributed by atoms with van der Waals surface area (Å²) in [4.78, 5) is 2.47. The maximum Gasteiger partial charge on any atom is 0.0167 e. The third kappa shape index (κ3) is 4.17. The predicted molar refractivity (Wildman–Crippen MR) is 50.8 cm³/mol. The van der Waals surface area contributed by atoms with Gasteiger partial charge in [-0.2, -0.15) is 0 Å². The van der Waals surface area contributed by atoms with E-state index in [1.165, 1.54) is 19.6 Å². The predicted octanol–water partition coefficient (Wildman–Crippen LogP) is 1.10. The van der Waals surface area contributed by atoms with E-state index in [0.717, 1.165) is 6.54 Å². The molecule has 1 aliphatic heterocycles. The Morgan fingerprint density at radius 1 is 1.55 bits per heavy atom. The minimum absolute atomic E-state index is 0.693. The van der Waals surface area contributed by atoms with Crippen LogP contribution in [-0.2, 0) is 0 Å². The third-order valence-corrected chi connectivity index (χ3v) is 1.90. The highest BCUT2D eigenvalue weighted by molar-refractivity contribution is 4.73.